The molecule has 0 unspecified atom stereocenters. The smallest absolute Gasteiger partial charge is 0.253 e. The van der Waals surface area contributed by atoms with Crippen molar-refractivity contribution in [1.29, 1.82) is 0 Å². The van der Waals surface area contributed by atoms with Crippen LogP contribution in [0.15, 0.2) is 47.5 Å². The molecule has 0 bridgehead atoms. The second-order valence-corrected chi connectivity index (χ2v) is 4.78. The SMILES string of the molecule is O=C1CNC(=O)c2ccc(N=Cc3ccccc3O)cc2N1. The number of aromatic hydroxyl groups is 1. The average molecular weight is 295 g/mol. The van der Waals surface area contributed by atoms with E-state index in [0.29, 0.717) is 22.5 Å². The molecule has 0 saturated heterocycles. The van der Waals surface area contributed by atoms with Crippen molar-refractivity contribution in [3.8, 4) is 5.75 Å². The van der Waals surface area contributed by atoms with E-state index in [1.54, 1.807) is 42.5 Å². The fourth-order valence-electron chi connectivity index (χ4n) is 2.10. The number of benzene rings is 2. The Kier molecular flexibility index (Phi) is 3.57. The van der Waals surface area contributed by atoms with Gasteiger partial charge in [0.1, 0.15) is 5.75 Å². The number of hydrogen-bond acceptors (Lipinski definition) is 4. The minimum absolute atomic E-state index is 0.0516. The molecule has 1 aliphatic rings. The highest BCUT2D eigenvalue weighted by Crippen LogP contribution is 2.24. The van der Waals surface area contributed by atoms with E-state index >= 15 is 0 Å². The molecule has 110 valence electrons. The zero-order valence-corrected chi connectivity index (χ0v) is 11.5. The highest BCUT2D eigenvalue weighted by atomic mass is 16.3. The van der Waals surface area contributed by atoms with Crippen LogP contribution in [0.3, 0.4) is 0 Å². The Morgan fingerprint density at radius 1 is 1.14 bits per heavy atom. The minimum Gasteiger partial charge on any atom is -0.507 e. The summed E-state index contributed by atoms with van der Waals surface area (Å²) in [5, 5.41) is 14.9. The number of para-hydroxylation sites is 1. The van der Waals surface area contributed by atoms with Gasteiger partial charge in [-0.25, -0.2) is 0 Å². The van der Waals surface area contributed by atoms with Gasteiger partial charge >= 0.3 is 0 Å². The molecule has 2 aromatic carbocycles. The maximum absolute atomic E-state index is 11.8. The highest BCUT2D eigenvalue weighted by Gasteiger charge is 2.18. The van der Waals surface area contributed by atoms with Crippen LogP contribution >= 0.6 is 0 Å². The molecule has 1 heterocycles. The Morgan fingerprint density at radius 2 is 1.95 bits per heavy atom. The second-order valence-electron chi connectivity index (χ2n) is 4.78. The van der Waals surface area contributed by atoms with Crippen LogP contribution in [0.5, 0.6) is 5.75 Å². The lowest BCUT2D eigenvalue weighted by Gasteiger charge is -2.05. The molecule has 2 aromatic rings. The fraction of sp³-hybridized carbons (Fsp3) is 0.0625. The van der Waals surface area contributed by atoms with E-state index in [-0.39, 0.29) is 24.1 Å². The molecule has 2 amide bonds. The van der Waals surface area contributed by atoms with Gasteiger partial charge in [-0.05, 0) is 30.3 Å². The van der Waals surface area contributed by atoms with Gasteiger partial charge in [0.05, 0.1) is 23.5 Å². The van der Waals surface area contributed by atoms with Gasteiger partial charge in [0.2, 0.25) is 5.91 Å². The van der Waals surface area contributed by atoms with Crippen molar-refractivity contribution in [3.05, 3.63) is 53.6 Å². The number of fused-ring (bicyclic) bond motifs is 1. The summed E-state index contributed by atoms with van der Waals surface area (Å²) in [6.07, 6.45) is 1.52. The molecule has 0 spiro atoms. The molecule has 3 rings (SSSR count). The van der Waals surface area contributed by atoms with E-state index in [1.807, 2.05) is 0 Å². The first-order valence-electron chi connectivity index (χ1n) is 6.67. The summed E-state index contributed by atoms with van der Waals surface area (Å²) >= 11 is 0. The number of carbonyl (C=O) groups excluding carboxylic acids is 2. The van der Waals surface area contributed by atoms with Crippen molar-refractivity contribution in [1.82, 2.24) is 5.32 Å². The number of anilines is 1. The molecule has 0 radical (unpaired) electrons. The molecule has 1 aliphatic heterocycles. The largest absolute Gasteiger partial charge is 0.507 e. The van der Waals surface area contributed by atoms with Gasteiger partial charge in [-0.2, -0.15) is 0 Å². The van der Waals surface area contributed by atoms with Gasteiger partial charge in [0.25, 0.3) is 5.91 Å². The van der Waals surface area contributed by atoms with E-state index in [9.17, 15) is 14.7 Å². The van der Waals surface area contributed by atoms with Crippen LogP contribution in [0, 0.1) is 0 Å². The lowest BCUT2D eigenvalue weighted by Crippen LogP contribution is -2.28. The summed E-state index contributed by atoms with van der Waals surface area (Å²) in [6, 6.07) is 11.7. The number of phenols is 1. The number of hydrogen-bond donors (Lipinski definition) is 3. The zero-order valence-electron chi connectivity index (χ0n) is 11.5. The molecule has 0 aromatic heterocycles. The Balaban J connectivity index is 1.92. The van der Waals surface area contributed by atoms with E-state index in [4.69, 9.17) is 0 Å². The molecule has 0 atom stereocenters. The lowest BCUT2D eigenvalue weighted by atomic mass is 10.1. The van der Waals surface area contributed by atoms with Gasteiger partial charge < -0.3 is 15.7 Å². The van der Waals surface area contributed by atoms with E-state index < -0.39 is 0 Å². The fourth-order valence-corrected chi connectivity index (χ4v) is 2.10. The Hall–Kier alpha value is -3.15. The van der Waals surface area contributed by atoms with Crippen LogP contribution in [0.4, 0.5) is 11.4 Å². The number of amides is 2. The predicted octanol–water partition coefficient (Wildman–Crippen LogP) is 1.82. The first kappa shape index (κ1) is 13.8. The normalized spacial score (nSPS) is 14.2. The molecule has 0 fully saturated rings. The van der Waals surface area contributed by atoms with E-state index in [0.717, 1.165) is 0 Å². The van der Waals surface area contributed by atoms with E-state index in [1.165, 1.54) is 6.21 Å². The topological polar surface area (TPSA) is 90.8 Å². The highest BCUT2D eigenvalue weighted by molar-refractivity contribution is 6.09. The maximum Gasteiger partial charge on any atom is 0.253 e. The van der Waals surface area contributed by atoms with Crippen LogP contribution in [0.2, 0.25) is 0 Å². The van der Waals surface area contributed by atoms with Gasteiger partial charge in [0.15, 0.2) is 0 Å². The first-order valence-corrected chi connectivity index (χ1v) is 6.67. The summed E-state index contributed by atoms with van der Waals surface area (Å²) < 4.78 is 0. The van der Waals surface area contributed by atoms with Crippen LogP contribution < -0.4 is 10.6 Å². The number of carbonyl (C=O) groups is 2. The van der Waals surface area contributed by atoms with Crippen molar-refractivity contribution in [2.24, 2.45) is 4.99 Å². The van der Waals surface area contributed by atoms with E-state index in [2.05, 4.69) is 15.6 Å². The summed E-state index contributed by atoms with van der Waals surface area (Å²) in [5.74, 6) is -0.452. The summed E-state index contributed by atoms with van der Waals surface area (Å²) in [7, 11) is 0. The standard InChI is InChI=1S/C16H13N3O3/c20-14-4-2-1-3-10(14)8-17-11-5-6-12-13(7-11)19-15(21)9-18-16(12)22/h1-8,20H,9H2,(H,18,22)(H,19,21). The third kappa shape index (κ3) is 2.80. The summed E-state index contributed by atoms with van der Waals surface area (Å²) in [4.78, 5) is 27.6. The van der Waals surface area contributed by atoms with Crippen LogP contribution in [-0.2, 0) is 4.79 Å². The number of nitrogens with one attached hydrogen (secondary N) is 2. The van der Waals surface area contributed by atoms with Crippen molar-refractivity contribution >= 4 is 29.4 Å². The monoisotopic (exact) mass is 295 g/mol. The third-order valence-electron chi connectivity index (χ3n) is 3.22. The molecular formula is C16H13N3O3. The maximum atomic E-state index is 11.8. The van der Waals surface area contributed by atoms with Crippen molar-refractivity contribution < 1.29 is 14.7 Å². The average Bonchev–Trinajstić information content (AvgIpc) is 2.65. The molecule has 6 heteroatoms. The third-order valence-corrected chi connectivity index (χ3v) is 3.22. The van der Waals surface area contributed by atoms with Crippen molar-refractivity contribution in [2.45, 2.75) is 0 Å². The molecule has 3 N–H and O–H groups in total. The Bertz CT molecular complexity index is 784. The zero-order chi connectivity index (χ0) is 15.5. The molecule has 6 nitrogen and oxygen atoms in total. The first-order chi connectivity index (χ1) is 10.6. The Labute approximate surface area is 126 Å². The van der Waals surface area contributed by atoms with Crippen molar-refractivity contribution in [3.63, 3.8) is 0 Å². The molecule has 22 heavy (non-hydrogen) atoms. The van der Waals surface area contributed by atoms with Gasteiger partial charge in [-0.1, -0.05) is 12.1 Å². The lowest BCUT2D eigenvalue weighted by molar-refractivity contribution is -0.115. The number of rotatable bonds is 2. The number of nitrogens with zero attached hydrogens (tertiary/aromatic N) is 1. The van der Waals surface area contributed by atoms with Gasteiger partial charge in [-0.3, -0.25) is 14.6 Å². The van der Waals surface area contributed by atoms with Crippen molar-refractivity contribution in [2.75, 3.05) is 11.9 Å². The predicted molar refractivity (Wildman–Crippen MR) is 82.8 cm³/mol. The molecule has 0 aliphatic carbocycles. The number of aliphatic imine (C=N–C) groups is 1. The second kappa shape index (κ2) is 5.69. The quantitative estimate of drug-likeness (QED) is 0.738. The summed E-state index contributed by atoms with van der Waals surface area (Å²) in [6.45, 7) is -0.0516. The van der Waals surface area contributed by atoms with Gasteiger partial charge in [0, 0.05) is 11.8 Å². The van der Waals surface area contributed by atoms with Gasteiger partial charge in [-0.15, -0.1) is 0 Å². The Morgan fingerprint density at radius 3 is 2.77 bits per heavy atom. The number of phenolic OH excluding ortho intramolecular Hbond substituents is 1. The van der Waals surface area contributed by atoms with Crippen LogP contribution in [-0.4, -0.2) is 29.7 Å². The molecular weight excluding hydrogens is 282 g/mol. The molecule has 0 saturated carbocycles. The van der Waals surface area contributed by atoms with Crippen LogP contribution in [0.25, 0.3) is 0 Å². The minimum atomic E-state index is -0.301. The summed E-state index contributed by atoms with van der Waals surface area (Å²) in [5.41, 5.74) is 1.97. The van der Waals surface area contributed by atoms with Crippen LogP contribution in [0.1, 0.15) is 15.9 Å².